The van der Waals surface area contributed by atoms with Crippen molar-refractivity contribution in [2.24, 2.45) is 0 Å². The number of amides is 2. The number of hydrogen-bond acceptors (Lipinski definition) is 3. The first kappa shape index (κ1) is 15.0. The minimum absolute atomic E-state index is 0.103. The normalized spacial score (nSPS) is 9.15. The highest BCUT2D eigenvalue weighted by Crippen LogP contribution is 2.15. The number of urea groups is 1. The van der Waals surface area contributed by atoms with Gasteiger partial charge < -0.3 is 15.3 Å². The first-order valence-corrected chi connectivity index (χ1v) is 5.38. The SMILES string of the molecule is C#CCN(CC(=O)O)C(=O)Nc1ccc(C#N)cc1F. The van der Waals surface area contributed by atoms with Crippen LogP contribution in [0.15, 0.2) is 18.2 Å². The van der Waals surface area contributed by atoms with Crippen LogP contribution in [0.4, 0.5) is 14.9 Å². The molecule has 0 aromatic heterocycles. The van der Waals surface area contributed by atoms with Crippen LogP contribution in [0.25, 0.3) is 0 Å². The summed E-state index contributed by atoms with van der Waals surface area (Å²) in [6.45, 7) is -0.829. The molecule has 0 unspecified atom stereocenters. The Balaban J connectivity index is 2.86. The molecule has 1 aromatic carbocycles. The maximum atomic E-state index is 13.6. The monoisotopic (exact) mass is 275 g/mol. The molecule has 0 radical (unpaired) electrons. The number of hydrogen-bond donors (Lipinski definition) is 2. The van der Waals surface area contributed by atoms with Crippen molar-refractivity contribution in [3.63, 3.8) is 0 Å². The number of carbonyl (C=O) groups excluding carboxylic acids is 1. The Labute approximate surface area is 114 Å². The van der Waals surface area contributed by atoms with Gasteiger partial charge in [-0.15, -0.1) is 6.42 Å². The van der Waals surface area contributed by atoms with Gasteiger partial charge >= 0.3 is 12.0 Å². The van der Waals surface area contributed by atoms with Gasteiger partial charge in [0.15, 0.2) is 0 Å². The first-order valence-electron chi connectivity index (χ1n) is 5.38. The molecule has 0 bridgehead atoms. The fourth-order valence-corrected chi connectivity index (χ4v) is 1.35. The van der Waals surface area contributed by atoms with E-state index < -0.39 is 24.4 Å². The first-order chi connectivity index (χ1) is 9.47. The lowest BCUT2D eigenvalue weighted by atomic mass is 10.2. The van der Waals surface area contributed by atoms with Gasteiger partial charge in [-0.3, -0.25) is 4.79 Å². The van der Waals surface area contributed by atoms with E-state index in [9.17, 15) is 14.0 Å². The van der Waals surface area contributed by atoms with Crippen molar-refractivity contribution < 1.29 is 19.1 Å². The highest BCUT2D eigenvalue weighted by atomic mass is 19.1. The third kappa shape index (κ3) is 4.00. The van der Waals surface area contributed by atoms with Gasteiger partial charge in [-0.25, -0.2) is 9.18 Å². The van der Waals surface area contributed by atoms with Gasteiger partial charge in [0.05, 0.1) is 23.9 Å². The summed E-state index contributed by atoms with van der Waals surface area (Å²) in [7, 11) is 0. The molecule has 0 saturated carbocycles. The molecule has 6 nitrogen and oxygen atoms in total. The van der Waals surface area contributed by atoms with Gasteiger partial charge in [0.1, 0.15) is 12.4 Å². The molecule has 0 fully saturated rings. The van der Waals surface area contributed by atoms with E-state index in [2.05, 4.69) is 11.2 Å². The highest BCUT2D eigenvalue weighted by Gasteiger charge is 2.17. The van der Waals surface area contributed by atoms with E-state index in [-0.39, 0.29) is 17.8 Å². The molecule has 1 rings (SSSR count). The van der Waals surface area contributed by atoms with E-state index in [0.717, 1.165) is 11.0 Å². The van der Waals surface area contributed by atoms with Gasteiger partial charge in [0, 0.05) is 0 Å². The van der Waals surface area contributed by atoms with Crippen LogP contribution in [0.5, 0.6) is 0 Å². The van der Waals surface area contributed by atoms with Crippen molar-refractivity contribution in [2.75, 3.05) is 18.4 Å². The second-order valence-electron chi connectivity index (χ2n) is 3.69. The van der Waals surface area contributed by atoms with E-state index >= 15 is 0 Å². The number of nitrogens with one attached hydrogen (secondary N) is 1. The van der Waals surface area contributed by atoms with Crippen LogP contribution in [0.3, 0.4) is 0 Å². The van der Waals surface area contributed by atoms with Gasteiger partial charge in [-0.1, -0.05) is 5.92 Å². The predicted molar refractivity (Wildman–Crippen MR) is 68.2 cm³/mol. The number of aliphatic carboxylic acids is 1. The Morgan fingerprint density at radius 3 is 2.70 bits per heavy atom. The van der Waals surface area contributed by atoms with Gasteiger partial charge in [-0.2, -0.15) is 5.26 Å². The molecule has 0 saturated heterocycles. The van der Waals surface area contributed by atoms with E-state index in [4.69, 9.17) is 16.8 Å². The quantitative estimate of drug-likeness (QED) is 0.809. The van der Waals surface area contributed by atoms with Gasteiger partial charge in [0.2, 0.25) is 0 Å². The van der Waals surface area contributed by atoms with Gasteiger partial charge in [-0.05, 0) is 18.2 Å². The van der Waals surface area contributed by atoms with E-state index in [1.165, 1.54) is 12.1 Å². The summed E-state index contributed by atoms with van der Waals surface area (Å²) in [6.07, 6.45) is 5.03. The molecule has 0 spiro atoms. The van der Waals surface area contributed by atoms with E-state index in [1.54, 1.807) is 6.07 Å². The Kier molecular flexibility index (Phi) is 5.07. The Morgan fingerprint density at radius 2 is 2.20 bits per heavy atom. The summed E-state index contributed by atoms with van der Waals surface area (Å²) in [5.41, 5.74) is -0.0621. The predicted octanol–water partition coefficient (Wildman–Crippen LogP) is 1.25. The molecule has 0 aliphatic rings. The van der Waals surface area contributed by atoms with Gasteiger partial charge in [0.25, 0.3) is 0 Å². The number of terminal acetylenes is 1. The fourth-order valence-electron chi connectivity index (χ4n) is 1.35. The van der Waals surface area contributed by atoms with Crippen LogP contribution in [0.2, 0.25) is 0 Å². The number of nitrogens with zero attached hydrogens (tertiary/aromatic N) is 2. The number of halogens is 1. The third-order valence-corrected chi connectivity index (χ3v) is 2.24. The molecular weight excluding hydrogens is 265 g/mol. The van der Waals surface area contributed by atoms with Crippen molar-refractivity contribution in [3.8, 4) is 18.4 Å². The van der Waals surface area contributed by atoms with Crippen LogP contribution < -0.4 is 5.32 Å². The molecule has 20 heavy (non-hydrogen) atoms. The zero-order valence-corrected chi connectivity index (χ0v) is 10.3. The number of benzene rings is 1. The average Bonchev–Trinajstić information content (AvgIpc) is 2.40. The number of anilines is 1. The van der Waals surface area contributed by atoms with Crippen molar-refractivity contribution in [1.29, 1.82) is 5.26 Å². The Morgan fingerprint density at radius 1 is 1.50 bits per heavy atom. The van der Waals surface area contributed by atoms with E-state index in [1.807, 2.05) is 0 Å². The summed E-state index contributed by atoms with van der Waals surface area (Å²) in [6, 6.07) is 4.40. The lowest BCUT2D eigenvalue weighted by Gasteiger charge is -2.18. The summed E-state index contributed by atoms with van der Waals surface area (Å²) in [5, 5.41) is 19.4. The van der Waals surface area contributed by atoms with Crippen molar-refractivity contribution in [2.45, 2.75) is 0 Å². The maximum Gasteiger partial charge on any atom is 0.323 e. The van der Waals surface area contributed by atoms with Crippen LogP contribution in [0.1, 0.15) is 5.56 Å². The minimum atomic E-state index is -1.24. The van der Waals surface area contributed by atoms with E-state index in [0.29, 0.717) is 0 Å². The van der Waals surface area contributed by atoms with Crippen molar-refractivity contribution >= 4 is 17.7 Å². The lowest BCUT2D eigenvalue weighted by molar-refractivity contribution is -0.137. The summed E-state index contributed by atoms with van der Waals surface area (Å²) < 4.78 is 13.6. The second kappa shape index (κ2) is 6.76. The summed E-state index contributed by atoms with van der Waals surface area (Å²) in [5.74, 6) is 0.0998. The second-order valence-corrected chi connectivity index (χ2v) is 3.69. The minimum Gasteiger partial charge on any atom is -0.480 e. The topological polar surface area (TPSA) is 93.4 Å². The van der Waals surface area contributed by atoms with Crippen LogP contribution >= 0.6 is 0 Å². The molecule has 0 heterocycles. The number of carboxylic acid groups (broad SMARTS) is 1. The average molecular weight is 275 g/mol. The Bertz CT molecular complexity index is 616. The molecule has 7 heteroatoms. The third-order valence-electron chi connectivity index (χ3n) is 2.24. The smallest absolute Gasteiger partial charge is 0.323 e. The largest absolute Gasteiger partial charge is 0.480 e. The van der Waals surface area contributed by atoms with Crippen molar-refractivity contribution in [1.82, 2.24) is 4.90 Å². The summed E-state index contributed by atoms with van der Waals surface area (Å²) in [4.78, 5) is 23.2. The zero-order chi connectivity index (χ0) is 15.1. The number of rotatable bonds is 4. The zero-order valence-electron chi connectivity index (χ0n) is 10.3. The number of nitriles is 1. The fraction of sp³-hybridized carbons (Fsp3) is 0.154. The van der Waals surface area contributed by atoms with Crippen molar-refractivity contribution in [3.05, 3.63) is 29.6 Å². The van der Waals surface area contributed by atoms with Crippen LogP contribution in [-0.2, 0) is 4.79 Å². The highest BCUT2D eigenvalue weighted by molar-refractivity contribution is 5.91. The Hall–Kier alpha value is -3.06. The summed E-state index contributed by atoms with van der Waals surface area (Å²) >= 11 is 0. The number of carboxylic acids is 1. The van der Waals surface area contributed by atoms with Crippen LogP contribution in [0, 0.1) is 29.5 Å². The molecule has 2 amide bonds. The number of carbonyl (C=O) groups is 2. The lowest BCUT2D eigenvalue weighted by Crippen LogP contribution is -2.39. The molecule has 0 atom stereocenters. The standard InChI is InChI=1S/C13H10FN3O3/c1-2-5-17(8-12(18)19)13(20)16-11-4-3-9(7-15)6-10(11)14/h1,3-4,6H,5,8H2,(H,16,20)(H,18,19). The molecule has 102 valence electrons. The molecular formula is C13H10FN3O3. The molecule has 2 N–H and O–H groups in total. The molecule has 0 aliphatic heterocycles. The van der Waals surface area contributed by atoms with Crippen LogP contribution in [-0.4, -0.2) is 35.1 Å². The molecule has 0 aliphatic carbocycles. The maximum absolute atomic E-state index is 13.6. The molecule has 1 aromatic rings.